The Morgan fingerprint density at radius 1 is 0.829 bits per heavy atom. The van der Waals surface area contributed by atoms with Crippen LogP contribution in [-0.4, -0.2) is 82.6 Å². The number of piperidine rings is 1. The van der Waals surface area contributed by atoms with Crippen LogP contribution in [0.3, 0.4) is 0 Å². The molecule has 5 rings (SSSR count). The van der Waals surface area contributed by atoms with Crippen LogP contribution >= 0.6 is 0 Å². The third kappa shape index (κ3) is 5.30. The van der Waals surface area contributed by atoms with Crippen LogP contribution in [0, 0.1) is 5.92 Å². The zero-order valence-corrected chi connectivity index (χ0v) is 20.3. The Morgan fingerprint density at radius 2 is 1.46 bits per heavy atom. The summed E-state index contributed by atoms with van der Waals surface area (Å²) in [6, 6.07) is 20.0. The number of rotatable bonds is 5. The lowest BCUT2D eigenvalue weighted by Crippen LogP contribution is -2.51. The van der Waals surface area contributed by atoms with Gasteiger partial charge in [-0.05, 0) is 25.5 Å². The highest BCUT2D eigenvalue weighted by molar-refractivity contribution is 6.00. The Morgan fingerprint density at radius 3 is 2.11 bits per heavy atom. The first kappa shape index (κ1) is 23.3. The summed E-state index contributed by atoms with van der Waals surface area (Å²) in [5, 5.41) is 4.81. The van der Waals surface area contributed by atoms with Crippen molar-refractivity contribution >= 4 is 11.8 Å². The summed E-state index contributed by atoms with van der Waals surface area (Å²) in [6.45, 7) is 5.26. The summed E-state index contributed by atoms with van der Waals surface area (Å²) in [4.78, 5) is 32.8. The average molecular weight is 472 g/mol. The van der Waals surface area contributed by atoms with Gasteiger partial charge in [-0.1, -0.05) is 60.7 Å². The average Bonchev–Trinajstić information content (AvgIpc) is 3.33. The van der Waals surface area contributed by atoms with E-state index in [-0.39, 0.29) is 17.7 Å². The third-order valence-electron chi connectivity index (χ3n) is 7.17. The van der Waals surface area contributed by atoms with Crippen LogP contribution in [0.4, 0.5) is 0 Å². The van der Waals surface area contributed by atoms with E-state index in [9.17, 15) is 9.59 Å². The molecular formula is C28H33N5O2. The standard InChI is InChI=1S/C28H33N5O2/c1-30-16-18-32(19-17-30)27(34)24-12-14-31(15-13-24)28(35)25-21-33(20-22-8-4-2-5-9-22)29-26(25)23-10-6-3-7-11-23/h2-11,21,24H,12-20H2,1H3. The van der Waals surface area contributed by atoms with Crippen molar-refractivity contribution in [2.45, 2.75) is 19.4 Å². The minimum atomic E-state index is -0.00587. The monoisotopic (exact) mass is 471 g/mol. The lowest BCUT2D eigenvalue weighted by Gasteiger charge is -2.37. The number of hydrogen-bond acceptors (Lipinski definition) is 4. The maximum Gasteiger partial charge on any atom is 0.257 e. The summed E-state index contributed by atoms with van der Waals surface area (Å²) in [7, 11) is 2.09. The van der Waals surface area contributed by atoms with Crippen LogP contribution in [0.5, 0.6) is 0 Å². The van der Waals surface area contributed by atoms with E-state index >= 15 is 0 Å². The number of nitrogens with zero attached hydrogens (tertiary/aromatic N) is 5. The van der Waals surface area contributed by atoms with Crippen molar-refractivity contribution in [2.75, 3.05) is 46.3 Å². The molecule has 0 bridgehead atoms. The molecule has 7 nitrogen and oxygen atoms in total. The number of likely N-dealkylation sites (N-methyl/N-ethyl adjacent to an activating group) is 1. The molecule has 2 fully saturated rings. The summed E-state index contributed by atoms with van der Waals surface area (Å²) >= 11 is 0. The largest absolute Gasteiger partial charge is 0.340 e. The molecule has 35 heavy (non-hydrogen) atoms. The van der Waals surface area contributed by atoms with Crippen LogP contribution in [0.25, 0.3) is 11.3 Å². The lowest BCUT2D eigenvalue weighted by molar-refractivity contribution is -0.138. The maximum atomic E-state index is 13.6. The van der Waals surface area contributed by atoms with Crippen LogP contribution in [0.15, 0.2) is 66.9 Å². The number of carbonyl (C=O) groups excluding carboxylic acids is 2. The molecule has 2 aliphatic rings. The fourth-order valence-corrected chi connectivity index (χ4v) is 5.02. The minimum Gasteiger partial charge on any atom is -0.340 e. The van der Waals surface area contributed by atoms with Crippen LogP contribution in [0.1, 0.15) is 28.8 Å². The van der Waals surface area contributed by atoms with Crippen LogP contribution in [0.2, 0.25) is 0 Å². The van der Waals surface area contributed by atoms with Gasteiger partial charge in [-0.2, -0.15) is 5.10 Å². The first-order valence-electron chi connectivity index (χ1n) is 12.5. The van der Waals surface area contributed by atoms with Gasteiger partial charge in [-0.25, -0.2) is 0 Å². The van der Waals surface area contributed by atoms with Gasteiger partial charge >= 0.3 is 0 Å². The normalized spacial score (nSPS) is 17.5. The van der Waals surface area contributed by atoms with Gasteiger partial charge in [0.05, 0.1) is 12.1 Å². The second-order valence-corrected chi connectivity index (χ2v) is 9.64. The fourth-order valence-electron chi connectivity index (χ4n) is 5.02. The van der Waals surface area contributed by atoms with E-state index in [1.165, 1.54) is 0 Å². The van der Waals surface area contributed by atoms with Crippen molar-refractivity contribution in [1.29, 1.82) is 0 Å². The molecule has 3 aromatic rings. The molecular weight excluding hydrogens is 438 g/mol. The Hall–Kier alpha value is -3.45. The molecule has 2 amide bonds. The van der Waals surface area contributed by atoms with E-state index in [0.29, 0.717) is 30.9 Å². The van der Waals surface area contributed by atoms with Crippen molar-refractivity contribution in [3.8, 4) is 11.3 Å². The highest BCUT2D eigenvalue weighted by Crippen LogP contribution is 2.27. The van der Waals surface area contributed by atoms with Gasteiger partial charge in [0.2, 0.25) is 5.91 Å². The van der Waals surface area contributed by atoms with Gasteiger partial charge in [0.15, 0.2) is 0 Å². The first-order valence-corrected chi connectivity index (χ1v) is 12.5. The SMILES string of the molecule is CN1CCN(C(=O)C2CCN(C(=O)c3cn(Cc4ccccc4)nc3-c3ccccc3)CC2)CC1. The van der Waals surface area contributed by atoms with Gasteiger partial charge in [0.1, 0.15) is 5.69 Å². The molecule has 0 saturated carbocycles. The Labute approximate surface area is 206 Å². The Balaban J connectivity index is 1.30. The van der Waals surface area contributed by atoms with Gasteiger partial charge < -0.3 is 14.7 Å². The molecule has 2 aliphatic heterocycles. The summed E-state index contributed by atoms with van der Waals surface area (Å²) < 4.78 is 1.86. The van der Waals surface area contributed by atoms with Crippen molar-refractivity contribution < 1.29 is 9.59 Å². The molecule has 182 valence electrons. The molecule has 0 atom stereocenters. The van der Waals surface area contributed by atoms with Crippen LogP contribution in [-0.2, 0) is 11.3 Å². The molecule has 0 N–H and O–H groups in total. The quantitative estimate of drug-likeness (QED) is 0.573. The molecule has 0 spiro atoms. The second-order valence-electron chi connectivity index (χ2n) is 9.64. The van der Waals surface area contributed by atoms with Gasteiger partial charge in [0.25, 0.3) is 5.91 Å². The predicted molar refractivity (Wildman–Crippen MR) is 136 cm³/mol. The fraction of sp³-hybridized carbons (Fsp3) is 0.393. The molecule has 0 aliphatic carbocycles. The first-order chi connectivity index (χ1) is 17.1. The number of carbonyl (C=O) groups is 2. The van der Waals surface area contributed by atoms with Crippen LogP contribution < -0.4 is 0 Å². The second kappa shape index (κ2) is 10.4. The Kier molecular flexibility index (Phi) is 6.95. The van der Waals surface area contributed by atoms with E-state index in [4.69, 9.17) is 5.10 Å². The number of piperazine rings is 1. The molecule has 0 radical (unpaired) electrons. The van der Waals surface area contributed by atoms with Crippen molar-refractivity contribution in [1.82, 2.24) is 24.5 Å². The zero-order valence-electron chi connectivity index (χ0n) is 20.3. The van der Waals surface area contributed by atoms with E-state index in [0.717, 1.165) is 50.1 Å². The third-order valence-corrected chi connectivity index (χ3v) is 7.17. The van der Waals surface area contributed by atoms with E-state index in [1.54, 1.807) is 0 Å². The minimum absolute atomic E-state index is 0.00587. The number of likely N-dealkylation sites (tertiary alicyclic amines) is 1. The van der Waals surface area contributed by atoms with E-state index in [1.807, 2.05) is 69.2 Å². The highest BCUT2D eigenvalue weighted by Gasteiger charge is 2.32. The van der Waals surface area contributed by atoms with E-state index < -0.39 is 0 Å². The summed E-state index contributed by atoms with van der Waals surface area (Å²) in [6.07, 6.45) is 3.31. The molecule has 2 aromatic carbocycles. The van der Waals surface area contributed by atoms with Gasteiger partial charge in [-0.15, -0.1) is 0 Å². The number of hydrogen-bond donors (Lipinski definition) is 0. The predicted octanol–water partition coefficient (Wildman–Crippen LogP) is 3.22. The smallest absolute Gasteiger partial charge is 0.257 e. The zero-order chi connectivity index (χ0) is 24.2. The molecule has 3 heterocycles. The summed E-state index contributed by atoms with van der Waals surface area (Å²) in [5.41, 5.74) is 3.40. The number of benzene rings is 2. The Bertz CT molecular complexity index is 1140. The lowest BCUT2D eigenvalue weighted by atomic mass is 9.94. The summed E-state index contributed by atoms with van der Waals surface area (Å²) in [5.74, 6) is 0.261. The van der Waals surface area contributed by atoms with E-state index in [2.05, 4.69) is 24.1 Å². The van der Waals surface area contributed by atoms with Gasteiger partial charge in [0, 0.05) is 56.9 Å². The van der Waals surface area contributed by atoms with Crippen molar-refractivity contribution in [3.05, 3.63) is 78.0 Å². The maximum absolute atomic E-state index is 13.6. The molecule has 2 saturated heterocycles. The number of amides is 2. The number of aromatic nitrogens is 2. The molecule has 7 heteroatoms. The molecule has 0 unspecified atom stereocenters. The van der Waals surface area contributed by atoms with Gasteiger partial charge in [-0.3, -0.25) is 14.3 Å². The van der Waals surface area contributed by atoms with Crippen molar-refractivity contribution in [2.24, 2.45) is 5.92 Å². The highest BCUT2D eigenvalue weighted by atomic mass is 16.2. The topological polar surface area (TPSA) is 61.7 Å². The van der Waals surface area contributed by atoms with Crippen molar-refractivity contribution in [3.63, 3.8) is 0 Å². The molecule has 1 aromatic heterocycles.